The number of carbonyl (C=O) groups excluding carboxylic acids is 2. The minimum Gasteiger partial charge on any atom is -0.462 e. The van der Waals surface area contributed by atoms with Crippen molar-refractivity contribution in [1.82, 2.24) is 0 Å². The van der Waals surface area contributed by atoms with E-state index in [1.54, 1.807) is 0 Å². The number of esters is 2. The number of unbranched alkanes of at least 4 members (excludes halogenated alkanes) is 23. The lowest BCUT2D eigenvalue weighted by molar-refractivity contribution is -0.332. The molecular weight excluding hydrogens is 829 g/mol. The number of aliphatic hydroxyl groups is 7. The molecule has 0 aromatic carbocycles. The van der Waals surface area contributed by atoms with Gasteiger partial charge in [0.15, 0.2) is 18.7 Å². The van der Waals surface area contributed by atoms with E-state index in [9.17, 15) is 45.3 Å². The Labute approximate surface area is 384 Å². The van der Waals surface area contributed by atoms with Crippen molar-refractivity contribution in [3.05, 3.63) is 12.2 Å². The van der Waals surface area contributed by atoms with Crippen LogP contribution >= 0.6 is 0 Å². The Hall–Kier alpha value is -1.76. The molecule has 0 aromatic rings. The first kappa shape index (κ1) is 58.4. The highest BCUT2D eigenvalue weighted by Gasteiger charge is 2.47. The largest absolute Gasteiger partial charge is 0.462 e. The number of ether oxygens (including phenoxy) is 6. The molecule has 0 aliphatic carbocycles. The van der Waals surface area contributed by atoms with E-state index in [1.165, 1.54) is 103 Å². The average Bonchev–Trinajstić information content (AvgIpc) is 3.29. The van der Waals surface area contributed by atoms with Crippen molar-refractivity contribution >= 4 is 11.9 Å². The third-order valence-corrected chi connectivity index (χ3v) is 12.2. The number of aliphatic hydroxyl groups excluding tert-OH is 7. The molecule has 11 atom stereocenters. The molecule has 0 amide bonds. The fraction of sp³-hybridized carbons (Fsp3) is 0.918. The van der Waals surface area contributed by atoms with Crippen LogP contribution < -0.4 is 0 Å². The van der Waals surface area contributed by atoms with Gasteiger partial charge in [0.05, 0.1) is 19.8 Å². The molecule has 2 aliphatic rings. The van der Waals surface area contributed by atoms with Gasteiger partial charge in [0.25, 0.3) is 0 Å². The van der Waals surface area contributed by atoms with E-state index >= 15 is 0 Å². The molecule has 15 nitrogen and oxygen atoms in total. The molecular formula is C49H90O15. The molecule has 2 heterocycles. The molecule has 2 saturated heterocycles. The van der Waals surface area contributed by atoms with E-state index in [-0.39, 0.29) is 26.1 Å². The van der Waals surface area contributed by atoms with Gasteiger partial charge in [-0.2, -0.15) is 0 Å². The highest BCUT2D eigenvalue weighted by Crippen LogP contribution is 2.26. The zero-order chi connectivity index (χ0) is 46.8. The Kier molecular flexibility index (Phi) is 34.0. The SMILES string of the molecule is CCCCCCCC/C=C/CCCCCCCCCC(=O)O[C@H](COC(=O)CCCCCCCCCCCCC)CO[C@H]1O[C@@H](CO[C@H]2O[C@@H](CO)[C@@H](O)C(O)C2O)[C@@H](O)C(O)C1O. The van der Waals surface area contributed by atoms with Crippen molar-refractivity contribution in [2.24, 2.45) is 0 Å². The second kappa shape index (κ2) is 37.2. The van der Waals surface area contributed by atoms with Gasteiger partial charge in [-0.15, -0.1) is 0 Å². The van der Waals surface area contributed by atoms with Crippen LogP contribution in [-0.2, 0) is 38.0 Å². The van der Waals surface area contributed by atoms with Gasteiger partial charge in [0, 0.05) is 12.8 Å². The summed E-state index contributed by atoms with van der Waals surface area (Å²) in [5.41, 5.74) is 0. The van der Waals surface area contributed by atoms with Gasteiger partial charge >= 0.3 is 11.9 Å². The zero-order valence-corrected chi connectivity index (χ0v) is 39.5. The lowest BCUT2D eigenvalue weighted by atomic mass is 9.98. The van der Waals surface area contributed by atoms with Gasteiger partial charge < -0.3 is 64.2 Å². The Morgan fingerprint density at radius 1 is 0.484 bits per heavy atom. The van der Waals surface area contributed by atoms with Crippen LogP contribution in [-0.4, -0.2) is 142 Å². The van der Waals surface area contributed by atoms with Gasteiger partial charge in [-0.25, -0.2) is 0 Å². The van der Waals surface area contributed by atoms with Gasteiger partial charge in [-0.05, 0) is 38.5 Å². The molecule has 2 aliphatic heterocycles. The zero-order valence-electron chi connectivity index (χ0n) is 39.5. The highest BCUT2D eigenvalue weighted by atomic mass is 16.7. The summed E-state index contributed by atoms with van der Waals surface area (Å²) in [5.74, 6) is -0.923. The molecule has 0 saturated carbocycles. The maximum Gasteiger partial charge on any atom is 0.306 e. The van der Waals surface area contributed by atoms with Crippen molar-refractivity contribution < 1.29 is 73.8 Å². The predicted molar refractivity (Wildman–Crippen MR) is 243 cm³/mol. The van der Waals surface area contributed by atoms with E-state index in [2.05, 4.69) is 26.0 Å². The van der Waals surface area contributed by atoms with Crippen LogP contribution in [0.3, 0.4) is 0 Å². The summed E-state index contributed by atoms with van der Waals surface area (Å²) < 4.78 is 33.5. The van der Waals surface area contributed by atoms with Gasteiger partial charge in [0.1, 0.15) is 55.4 Å². The molecule has 0 spiro atoms. The van der Waals surface area contributed by atoms with Crippen LogP contribution in [0.25, 0.3) is 0 Å². The lowest BCUT2D eigenvalue weighted by Crippen LogP contribution is -2.61. The fourth-order valence-corrected chi connectivity index (χ4v) is 8.04. The van der Waals surface area contributed by atoms with Crippen LogP contribution in [0.1, 0.15) is 194 Å². The highest BCUT2D eigenvalue weighted by molar-refractivity contribution is 5.70. The van der Waals surface area contributed by atoms with Gasteiger partial charge in [0.2, 0.25) is 0 Å². The van der Waals surface area contributed by atoms with E-state index < -0.39 is 92.7 Å². The Morgan fingerprint density at radius 3 is 1.38 bits per heavy atom. The van der Waals surface area contributed by atoms with Crippen LogP contribution in [0.2, 0.25) is 0 Å². The molecule has 2 rings (SSSR count). The molecule has 376 valence electrons. The average molecular weight is 919 g/mol. The standard InChI is InChI=1S/C49H90O15/c1-3-5-7-9-11-13-15-16-17-18-19-20-22-24-26-28-30-32-41(52)62-37(34-59-40(51)31-29-27-25-23-21-14-12-10-8-6-4-2)35-60-48-47(58)45(56)43(54)39(64-48)36-61-49-46(57)44(55)42(53)38(33-50)63-49/h16-17,37-39,42-50,53-58H,3-15,18-36H2,1-2H3/b17-16+/t37-,38+,39+,42-,43-,44?,45?,46?,47?,48+,49+/m1/s1. The summed E-state index contributed by atoms with van der Waals surface area (Å²) in [6.07, 6.45) is 18.1. The second-order valence-corrected chi connectivity index (χ2v) is 18.0. The monoisotopic (exact) mass is 919 g/mol. The van der Waals surface area contributed by atoms with Crippen molar-refractivity contribution in [3.8, 4) is 0 Å². The molecule has 4 unspecified atom stereocenters. The third-order valence-electron chi connectivity index (χ3n) is 12.2. The number of rotatable bonds is 39. The minimum absolute atomic E-state index is 0.164. The normalized spacial score (nSPS) is 26.6. The first-order valence-electron chi connectivity index (χ1n) is 25.3. The Morgan fingerprint density at radius 2 is 0.891 bits per heavy atom. The van der Waals surface area contributed by atoms with Crippen molar-refractivity contribution in [1.29, 1.82) is 0 Å². The smallest absolute Gasteiger partial charge is 0.306 e. The number of hydrogen-bond donors (Lipinski definition) is 7. The third kappa shape index (κ3) is 25.4. The first-order chi connectivity index (χ1) is 31.0. The summed E-state index contributed by atoms with van der Waals surface area (Å²) >= 11 is 0. The van der Waals surface area contributed by atoms with Crippen molar-refractivity contribution in [2.45, 2.75) is 261 Å². The van der Waals surface area contributed by atoms with Crippen molar-refractivity contribution in [2.75, 3.05) is 26.4 Å². The van der Waals surface area contributed by atoms with E-state index in [1.807, 2.05) is 0 Å². The maximum absolute atomic E-state index is 13.0. The van der Waals surface area contributed by atoms with Gasteiger partial charge in [-0.1, -0.05) is 154 Å². The van der Waals surface area contributed by atoms with Gasteiger partial charge in [-0.3, -0.25) is 9.59 Å². The molecule has 2 fully saturated rings. The molecule has 7 N–H and O–H groups in total. The quantitative estimate of drug-likeness (QED) is 0.0196. The van der Waals surface area contributed by atoms with E-state index in [0.29, 0.717) is 12.8 Å². The second-order valence-electron chi connectivity index (χ2n) is 18.0. The summed E-state index contributed by atoms with van der Waals surface area (Å²) in [6, 6.07) is 0. The fourth-order valence-electron chi connectivity index (χ4n) is 8.04. The minimum atomic E-state index is -1.76. The number of hydrogen-bond acceptors (Lipinski definition) is 15. The Balaban J connectivity index is 1.81. The van der Waals surface area contributed by atoms with Crippen LogP contribution in [0.15, 0.2) is 12.2 Å². The van der Waals surface area contributed by atoms with E-state index in [4.69, 9.17) is 28.4 Å². The predicted octanol–water partition coefficient (Wildman–Crippen LogP) is 6.60. The number of carbonyl (C=O) groups is 2. The van der Waals surface area contributed by atoms with Crippen LogP contribution in [0, 0.1) is 0 Å². The van der Waals surface area contributed by atoms with Crippen LogP contribution in [0.4, 0.5) is 0 Å². The summed E-state index contributed by atoms with van der Waals surface area (Å²) in [7, 11) is 0. The lowest BCUT2D eigenvalue weighted by Gasteiger charge is -2.42. The summed E-state index contributed by atoms with van der Waals surface area (Å²) in [5, 5.41) is 72.0. The molecule has 64 heavy (non-hydrogen) atoms. The molecule has 15 heteroatoms. The van der Waals surface area contributed by atoms with E-state index in [0.717, 1.165) is 51.4 Å². The topological polar surface area (TPSA) is 231 Å². The van der Waals surface area contributed by atoms with Crippen LogP contribution in [0.5, 0.6) is 0 Å². The molecule has 0 radical (unpaired) electrons. The molecule has 0 aromatic heterocycles. The summed E-state index contributed by atoms with van der Waals surface area (Å²) in [4.78, 5) is 25.7. The maximum atomic E-state index is 13.0. The summed E-state index contributed by atoms with van der Waals surface area (Å²) in [6.45, 7) is 2.58. The molecule has 0 bridgehead atoms. The number of allylic oxidation sites excluding steroid dienone is 2. The van der Waals surface area contributed by atoms with Crippen molar-refractivity contribution in [3.63, 3.8) is 0 Å². The Bertz CT molecular complexity index is 1170. The first-order valence-corrected chi connectivity index (χ1v) is 25.3.